The summed E-state index contributed by atoms with van der Waals surface area (Å²) in [7, 11) is -3.73. The van der Waals surface area contributed by atoms with Gasteiger partial charge in [-0.1, -0.05) is 31.5 Å². The fourth-order valence-electron chi connectivity index (χ4n) is 2.75. The SMILES string of the molecule is CCOc1ccc(NC(=O)c2cccc(C)c2)cc1S(=O)(=O)N(CC)CC. The molecule has 0 radical (unpaired) electrons. The highest BCUT2D eigenvalue weighted by Gasteiger charge is 2.26. The Kier molecular flexibility index (Phi) is 6.98. The number of ether oxygens (including phenoxy) is 1. The number of carbonyl (C=O) groups is 1. The molecule has 0 spiro atoms. The average molecular weight is 391 g/mol. The third kappa shape index (κ3) is 4.87. The van der Waals surface area contributed by atoms with Crippen LogP contribution in [0.1, 0.15) is 36.7 Å². The molecule has 0 aliphatic rings. The first-order chi connectivity index (χ1) is 12.8. The first-order valence-corrected chi connectivity index (χ1v) is 10.4. The summed E-state index contributed by atoms with van der Waals surface area (Å²) in [6, 6.07) is 11.9. The predicted molar refractivity (Wildman–Crippen MR) is 107 cm³/mol. The van der Waals surface area contributed by atoms with Crippen molar-refractivity contribution in [2.75, 3.05) is 25.0 Å². The van der Waals surface area contributed by atoms with E-state index in [9.17, 15) is 13.2 Å². The van der Waals surface area contributed by atoms with Crippen molar-refractivity contribution in [2.24, 2.45) is 0 Å². The van der Waals surface area contributed by atoms with Crippen LogP contribution in [0, 0.1) is 6.92 Å². The molecule has 0 aliphatic heterocycles. The van der Waals surface area contributed by atoms with Gasteiger partial charge in [-0.05, 0) is 44.2 Å². The number of nitrogens with zero attached hydrogens (tertiary/aromatic N) is 1. The molecule has 2 aromatic carbocycles. The second kappa shape index (κ2) is 9.01. The Labute approximate surface area is 161 Å². The highest BCUT2D eigenvalue weighted by molar-refractivity contribution is 7.89. The summed E-state index contributed by atoms with van der Waals surface area (Å²) in [6.07, 6.45) is 0. The Morgan fingerprint density at radius 3 is 2.37 bits per heavy atom. The number of hydrogen-bond acceptors (Lipinski definition) is 4. The topological polar surface area (TPSA) is 75.7 Å². The van der Waals surface area contributed by atoms with E-state index in [2.05, 4.69) is 5.32 Å². The van der Waals surface area contributed by atoms with Gasteiger partial charge in [0.2, 0.25) is 10.0 Å². The summed E-state index contributed by atoms with van der Waals surface area (Å²) in [6.45, 7) is 8.31. The van der Waals surface area contributed by atoms with Crippen molar-refractivity contribution in [3.8, 4) is 5.75 Å². The van der Waals surface area contributed by atoms with Crippen molar-refractivity contribution in [3.63, 3.8) is 0 Å². The van der Waals surface area contributed by atoms with Crippen molar-refractivity contribution < 1.29 is 17.9 Å². The molecule has 0 aliphatic carbocycles. The van der Waals surface area contributed by atoms with Crippen molar-refractivity contribution in [2.45, 2.75) is 32.6 Å². The molecule has 0 aromatic heterocycles. The monoisotopic (exact) mass is 390 g/mol. The number of carbonyl (C=O) groups excluding carboxylic acids is 1. The van der Waals surface area contributed by atoms with Crippen molar-refractivity contribution >= 4 is 21.6 Å². The Hall–Kier alpha value is -2.38. The molecule has 0 bridgehead atoms. The summed E-state index contributed by atoms with van der Waals surface area (Å²) in [5, 5.41) is 2.76. The number of sulfonamides is 1. The zero-order chi connectivity index (χ0) is 20.0. The molecule has 7 heteroatoms. The molecule has 2 aromatic rings. The highest BCUT2D eigenvalue weighted by Crippen LogP contribution is 2.30. The highest BCUT2D eigenvalue weighted by atomic mass is 32.2. The van der Waals surface area contributed by atoms with E-state index in [1.807, 2.05) is 13.0 Å². The van der Waals surface area contributed by atoms with Crippen LogP contribution in [-0.4, -0.2) is 38.3 Å². The standard InChI is InChI=1S/C20H26N2O4S/c1-5-22(6-2)27(24,25)19-14-17(11-12-18(19)26-7-3)21-20(23)16-10-8-9-15(4)13-16/h8-14H,5-7H2,1-4H3,(H,21,23). The van der Waals surface area contributed by atoms with Crippen molar-refractivity contribution in [3.05, 3.63) is 53.6 Å². The van der Waals surface area contributed by atoms with Gasteiger partial charge >= 0.3 is 0 Å². The molecule has 0 atom stereocenters. The van der Waals surface area contributed by atoms with Gasteiger partial charge in [0.25, 0.3) is 5.91 Å². The van der Waals surface area contributed by atoms with Gasteiger partial charge in [-0.25, -0.2) is 8.42 Å². The van der Waals surface area contributed by atoms with Crippen LogP contribution in [0.25, 0.3) is 0 Å². The molecule has 146 valence electrons. The van der Waals surface area contributed by atoms with Crippen LogP contribution in [0.2, 0.25) is 0 Å². The molecule has 6 nitrogen and oxygen atoms in total. The molecular formula is C20H26N2O4S. The van der Waals surface area contributed by atoms with E-state index in [4.69, 9.17) is 4.74 Å². The smallest absolute Gasteiger partial charge is 0.255 e. The van der Waals surface area contributed by atoms with Gasteiger partial charge in [0.05, 0.1) is 6.61 Å². The van der Waals surface area contributed by atoms with Crippen LogP contribution in [0.5, 0.6) is 5.75 Å². The number of aryl methyl sites for hydroxylation is 1. The first kappa shape index (κ1) is 20.9. The van der Waals surface area contributed by atoms with E-state index in [1.165, 1.54) is 10.4 Å². The lowest BCUT2D eigenvalue weighted by Crippen LogP contribution is -2.31. The molecule has 1 N–H and O–H groups in total. The molecule has 0 unspecified atom stereocenters. The molecule has 1 amide bonds. The molecule has 0 saturated heterocycles. The maximum absolute atomic E-state index is 13.0. The van der Waals surface area contributed by atoms with Crippen molar-refractivity contribution in [1.82, 2.24) is 4.31 Å². The lowest BCUT2D eigenvalue weighted by molar-refractivity contribution is 0.102. The second-order valence-corrected chi connectivity index (χ2v) is 7.91. The minimum atomic E-state index is -3.73. The molecule has 0 saturated carbocycles. The second-order valence-electron chi connectivity index (χ2n) is 6.01. The minimum Gasteiger partial charge on any atom is -0.492 e. The number of anilines is 1. The number of hydrogen-bond donors (Lipinski definition) is 1. The Morgan fingerprint density at radius 1 is 1.07 bits per heavy atom. The van der Waals surface area contributed by atoms with Crippen LogP contribution < -0.4 is 10.1 Å². The Bertz CT molecular complexity index is 906. The van der Waals surface area contributed by atoms with E-state index >= 15 is 0 Å². The number of amides is 1. The van der Waals surface area contributed by atoms with Gasteiger partial charge < -0.3 is 10.1 Å². The molecule has 0 heterocycles. The maximum Gasteiger partial charge on any atom is 0.255 e. The quantitative estimate of drug-likeness (QED) is 0.746. The van der Waals surface area contributed by atoms with Crippen LogP contribution in [0.3, 0.4) is 0 Å². The fraction of sp³-hybridized carbons (Fsp3) is 0.350. The van der Waals surface area contributed by atoms with Crippen LogP contribution in [-0.2, 0) is 10.0 Å². The van der Waals surface area contributed by atoms with E-state index in [0.29, 0.717) is 30.9 Å². The van der Waals surface area contributed by atoms with Crippen LogP contribution in [0.15, 0.2) is 47.4 Å². The number of nitrogens with one attached hydrogen (secondary N) is 1. The number of benzene rings is 2. The van der Waals surface area contributed by atoms with Gasteiger partial charge in [0, 0.05) is 24.3 Å². The summed E-state index contributed by atoms with van der Waals surface area (Å²) in [4.78, 5) is 12.5. The van der Waals surface area contributed by atoms with Gasteiger partial charge in [0.15, 0.2) is 0 Å². The Morgan fingerprint density at radius 2 is 1.78 bits per heavy atom. The van der Waals surface area contributed by atoms with Crippen molar-refractivity contribution in [1.29, 1.82) is 0 Å². The van der Waals surface area contributed by atoms with E-state index < -0.39 is 10.0 Å². The zero-order valence-corrected chi connectivity index (χ0v) is 17.0. The van der Waals surface area contributed by atoms with E-state index in [-0.39, 0.29) is 16.6 Å². The molecule has 0 fully saturated rings. The summed E-state index contributed by atoms with van der Waals surface area (Å²) < 4.78 is 32.8. The van der Waals surface area contributed by atoms with Gasteiger partial charge in [-0.2, -0.15) is 4.31 Å². The fourth-order valence-corrected chi connectivity index (χ4v) is 4.37. The Balaban J connectivity index is 2.41. The minimum absolute atomic E-state index is 0.0510. The summed E-state index contributed by atoms with van der Waals surface area (Å²) in [5.41, 5.74) is 1.88. The molecule has 2 rings (SSSR count). The summed E-state index contributed by atoms with van der Waals surface area (Å²) >= 11 is 0. The van der Waals surface area contributed by atoms with Crippen LogP contribution >= 0.6 is 0 Å². The maximum atomic E-state index is 13.0. The van der Waals surface area contributed by atoms with E-state index in [1.54, 1.807) is 51.1 Å². The average Bonchev–Trinajstić information content (AvgIpc) is 2.63. The van der Waals surface area contributed by atoms with Crippen LogP contribution in [0.4, 0.5) is 5.69 Å². The summed E-state index contributed by atoms with van der Waals surface area (Å²) in [5.74, 6) is -0.0213. The van der Waals surface area contributed by atoms with E-state index in [0.717, 1.165) is 5.56 Å². The third-order valence-electron chi connectivity index (χ3n) is 4.10. The zero-order valence-electron chi connectivity index (χ0n) is 16.2. The predicted octanol–water partition coefficient (Wildman–Crippen LogP) is 3.68. The van der Waals surface area contributed by atoms with Gasteiger partial charge in [-0.3, -0.25) is 4.79 Å². The normalized spacial score (nSPS) is 11.4. The first-order valence-electron chi connectivity index (χ1n) is 8.98. The molecule has 27 heavy (non-hydrogen) atoms. The van der Waals surface area contributed by atoms with Gasteiger partial charge in [-0.15, -0.1) is 0 Å². The lowest BCUT2D eigenvalue weighted by Gasteiger charge is -2.21. The molecular weight excluding hydrogens is 364 g/mol. The third-order valence-corrected chi connectivity index (χ3v) is 6.18. The largest absolute Gasteiger partial charge is 0.492 e. The van der Waals surface area contributed by atoms with Gasteiger partial charge in [0.1, 0.15) is 10.6 Å². The lowest BCUT2D eigenvalue weighted by atomic mass is 10.1. The number of rotatable bonds is 8.